The highest BCUT2D eigenvalue weighted by Gasteiger charge is 2.36. The lowest BCUT2D eigenvalue weighted by molar-refractivity contribution is -0.129. The third-order valence-electron chi connectivity index (χ3n) is 4.45. The van der Waals surface area contributed by atoms with E-state index in [9.17, 15) is 19.8 Å². The molecule has 4 N–H and O–H groups in total. The van der Waals surface area contributed by atoms with Crippen LogP contribution in [0.25, 0.3) is 0 Å². The summed E-state index contributed by atoms with van der Waals surface area (Å²) in [7, 11) is 0. The molecule has 0 aromatic heterocycles. The van der Waals surface area contributed by atoms with Crippen molar-refractivity contribution >= 4 is 17.5 Å². The number of benzene rings is 1. The number of β-amino-alcohol motifs (C(OH)–C–C–N with tert-alkyl or cyclic N) is 2. The van der Waals surface area contributed by atoms with Crippen molar-refractivity contribution in [2.45, 2.75) is 24.7 Å². The van der Waals surface area contributed by atoms with Gasteiger partial charge in [-0.05, 0) is 12.1 Å². The van der Waals surface area contributed by atoms with E-state index in [1.54, 1.807) is 23.1 Å². The second kappa shape index (κ2) is 6.66. The molecule has 3 rings (SSSR count). The molecule has 3 unspecified atom stereocenters. The Hall–Kier alpha value is -2.32. The highest BCUT2D eigenvalue weighted by molar-refractivity contribution is 5.89. The van der Waals surface area contributed by atoms with Gasteiger partial charge in [0.2, 0.25) is 11.8 Å². The monoisotopic (exact) mass is 335 g/mol. The number of amides is 2. The smallest absolute Gasteiger partial charge is 0.242 e. The summed E-state index contributed by atoms with van der Waals surface area (Å²) < 4.78 is 5.65. The predicted molar refractivity (Wildman–Crippen MR) is 85.5 cm³/mol. The highest BCUT2D eigenvalue weighted by Crippen LogP contribution is 2.33. The first-order chi connectivity index (χ1) is 11.5. The number of ether oxygens (including phenoxy) is 1. The third kappa shape index (κ3) is 3.15. The quantitative estimate of drug-likeness (QED) is 0.632. The molecule has 0 saturated carbocycles. The first-order valence-corrected chi connectivity index (χ1v) is 7.89. The van der Waals surface area contributed by atoms with Gasteiger partial charge in [-0.15, -0.1) is 0 Å². The van der Waals surface area contributed by atoms with E-state index in [0.29, 0.717) is 24.5 Å². The number of likely N-dealkylation sites (tertiary alicyclic amines) is 1. The van der Waals surface area contributed by atoms with Gasteiger partial charge in [0.25, 0.3) is 0 Å². The molecule has 2 amide bonds. The fourth-order valence-electron chi connectivity index (χ4n) is 3.13. The lowest BCUT2D eigenvalue weighted by Gasteiger charge is -2.31. The van der Waals surface area contributed by atoms with E-state index in [1.165, 1.54) is 4.90 Å². The number of anilines is 1. The van der Waals surface area contributed by atoms with Gasteiger partial charge in [0, 0.05) is 19.5 Å². The molecule has 24 heavy (non-hydrogen) atoms. The van der Waals surface area contributed by atoms with Crippen LogP contribution in [0.4, 0.5) is 5.69 Å². The number of rotatable bonds is 3. The Morgan fingerprint density at radius 1 is 1.21 bits per heavy atom. The maximum absolute atomic E-state index is 12.6. The molecule has 0 radical (unpaired) electrons. The molecule has 2 aliphatic heterocycles. The summed E-state index contributed by atoms with van der Waals surface area (Å²) in [6.45, 7) is 0.407. The van der Waals surface area contributed by atoms with Crippen LogP contribution in [0.5, 0.6) is 5.75 Å². The van der Waals surface area contributed by atoms with E-state index >= 15 is 0 Å². The molecule has 1 fully saturated rings. The lowest BCUT2D eigenvalue weighted by atomic mass is 10.1. The number of para-hydroxylation sites is 2. The van der Waals surface area contributed by atoms with Gasteiger partial charge >= 0.3 is 0 Å². The van der Waals surface area contributed by atoms with Crippen LogP contribution in [0.1, 0.15) is 6.42 Å². The predicted octanol–water partition coefficient (Wildman–Crippen LogP) is -1.31. The molecule has 1 aromatic carbocycles. The Bertz CT molecular complexity index is 628. The van der Waals surface area contributed by atoms with Crippen LogP contribution in [0.15, 0.2) is 24.3 Å². The molecule has 1 saturated heterocycles. The van der Waals surface area contributed by atoms with Crippen LogP contribution in [0.3, 0.4) is 0 Å². The van der Waals surface area contributed by atoms with Crippen molar-refractivity contribution in [1.29, 1.82) is 0 Å². The summed E-state index contributed by atoms with van der Waals surface area (Å²) in [4.78, 5) is 27.5. The van der Waals surface area contributed by atoms with Crippen LogP contribution in [-0.2, 0) is 9.59 Å². The first kappa shape index (κ1) is 16.5. The number of hydrogen-bond acceptors (Lipinski definition) is 6. The SMILES string of the molecule is NC(=O)C1CCOc2ccccc2N1CC(=O)N1CC(O)C(O)C1. The van der Waals surface area contributed by atoms with E-state index < -0.39 is 24.2 Å². The second-order valence-electron chi connectivity index (χ2n) is 6.08. The van der Waals surface area contributed by atoms with Gasteiger partial charge in [-0.3, -0.25) is 9.59 Å². The Balaban J connectivity index is 1.84. The molecule has 0 bridgehead atoms. The minimum absolute atomic E-state index is 0.0760. The fraction of sp³-hybridized carbons (Fsp3) is 0.500. The third-order valence-corrected chi connectivity index (χ3v) is 4.45. The summed E-state index contributed by atoms with van der Waals surface area (Å²) >= 11 is 0. The van der Waals surface area contributed by atoms with Crippen molar-refractivity contribution in [2.75, 3.05) is 31.1 Å². The maximum atomic E-state index is 12.6. The molecular formula is C16H21N3O5. The van der Waals surface area contributed by atoms with Crippen LogP contribution in [0, 0.1) is 0 Å². The van der Waals surface area contributed by atoms with Crippen molar-refractivity contribution in [3.63, 3.8) is 0 Å². The minimum atomic E-state index is -0.944. The zero-order valence-electron chi connectivity index (χ0n) is 13.2. The zero-order valence-corrected chi connectivity index (χ0v) is 13.2. The lowest BCUT2D eigenvalue weighted by Crippen LogP contribution is -2.49. The summed E-state index contributed by atoms with van der Waals surface area (Å²) in [5.41, 5.74) is 6.15. The topological polar surface area (TPSA) is 116 Å². The largest absolute Gasteiger partial charge is 0.491 e. The van der Waals surface area contributed by atoms with E-state index in [0.717, 1.165) is 0 Å². The number of aliphatic hydroxyl groups excluding tert-OH is 2. The Labute approximate surface area is 139 Å². The van der Waals surface area contributed by atoms with Crippen molar-refractivity contribution in [3.8, 4) is 5.75 Å². The van der Waals surface area contributed by atoms with Gasteiger partial charge < -0.3 is 30.5 Å². The normalized spacial score (nSPS) is 26.5. The number of nitrogens with two attached hydrogens (primary N) is 1. The molecule has 0 spiro atoms. The second-order valence-corrected chi connectivity index (χ2v) is 6.08. The number of fused-ring (bicyclic) bond motifs is 1. The minimum Gasteiger partial charge on any atom is -0.491 e. The number of carbonyl (C=O) groups excluding carboxylic acids is 2. The maximum Gasteiger partial charge on any atom is 0.242 e. The van der Waals surface area contributed by atoms with Gasteiger partial charge in [0.15, 0.2) is 0 Å². The zero-order chi connectivity index (χ0) is 17.3. The van der Waals surface area contributed by atoms with E-state index in [2.05, 4.69) is 0 Å². The summed E-state index contributed by atoms with van der Waals surface area (Å²) in [6, 6.07) is 6.51. The molecule has 8 nitrogen and oxygen atoms in total. The number of primary amides is 1. The molecule has 130 valence electrons. The van der Waals surface area contributed by atoms with E-state index in [-0.39, 0.29) is 25.5 Å². The highest BCUT2D eigenvalue weighted by atomic mass is 16.5. The van der Waals surface area contributed by atoms with Crippen LogP contribution >= 0.6 is 0 Å². The molecular weight excluding hydrogens is 314 g/mol. The Morgan fingerprint density at radius 2 is 1.88 bits per heavy atom. The van der Waals surface area contributed by atoms with Gasteiger partial charge in [-0.1, -0.05) is 12.1 Å². The average molecular weight is 335 g/mol. The van der Waals surface area contributed by atoms with Gasteiger partial charge in [-0.2, -0.15) is 0 Å². The Kier molecular flexibility index (Phi) is 4.59. The first-order valence-electron chi connectivity index (χ1n) is 7.89. The van der Waals surface area contributed by atoms with E-state index in [4.69, 9.17) is 10.5 Å². The van der Waals surface area contributed by atoms with Crippen LogP contribution in [-0.4, -0.2) is 71.4 Å². The molecule has 8 heteroatoms. The van der Waals surface area contributed by atoms with Crippen LogP contribution < -0.4 is 15.4 Å². The summed E-state index contributed by atoms with van der Waals surface area (Å²) in [6.07, 6.45) is -1.51. The van der Waals surface area contributed by atoms with Crippen molar-refractivity contribution in [1.82, 2.24) is 4.90 Å². The van der Waals surface area contributed by atoms with Gasteiger partial charge in [-0.25, -0.2) is 0 Å². The van der Waals surface area contributed by atoms with Gasteiger partial charge in [0.05, 0.1) is 31.0 Å². The van der Waals surface area contributed by atoms with Gasteiger partial charge in [0.1, 0.15) is 11.8 Å². The number of carbonyl (C=O) groups is 2. The fourth-order valence-corrected chi connectivity index (χ4v) is 3.13. The Morgan fingerprint density at radius 3 is 2.54 bits per heavy atom. The molecule has 1 aromatic rings. The standard InChI is InChI=1S/C16H21N3O5/c17-16(23)11-5-6-24-14-4-2-1-3-10(14)19(11)9-15(22)18-7-12(20)13(21)8-18/h1-4,11-13,20-21H,5-9H2,(H2,17,23). The number of nitrogens with zero attached hydrogens (tertiary/aromatic N) is 2. The summed E-state index contributed by atoms with van der Waals surface area (Å²) in [5, 5.41) is 19.2. The number of hydrogen-bond donors (Lipinski definition) is 3. The molecule has 3 atom stereocenters. The van der Waals surface area contributed by atoms with Crippen molar-refractivity contribution < 1.29 is 24.5 Å². The summed E-state index contributed by atoms with van der Waals surface area (Å²) in [5.74, 6) is -0.214. The van der Waals surface area contributed by atoms with Crippen molar-refractivity contribution in [3.05, 3.63) is 24.3 Å². The molecule has 2 aliphatic rings. The molecule has 2 heterocycles. The molecule has 0 aliphatic carbocycles. The van der Waals surface area contributed by atoms with E-state index in [1.807, 2.05) is 6.07 Å². The van der Waals surface area contributed by atoms with Crippen LogP contribution in [0.2, 0.25) is 0 Å². The van der Waals surface area contributed by atoms with Crippen molar-refractivity contribution in [2.24, 2.45) is 5.73 Å². The average Bonchev–Trinajstić information content (AvgIpc) is 2.79. The number of aliphatic hydroxyl groups is 2.